The minimum Gasteiger partial charge on any atom is -0.508 e. The number of phenols is 1. The van der Waals surface area contributed by atoms with Crippen LogP contribution in [-0.4, -0.2) is 33.0 Å². The summed E-state index contributed by atoms with van der Waals surface area (Å²) < 4.78 is 5.17. The first-order chi connectivity index (χ1) is 8.72. The molecule has 0 bridgehead atoms. The SMILES string of the molecule is Oc1cccc(-c2noc([C@@H]3CC(O)CN3)n2)c1. The molecule has 0 saturated carbocycles. The number of aromatic hydroxyl groups is 1. The lowest BCUT2D eigenvalue weighted by Crippen LogP contribution is -2.15. The lowest BCUT2D eigenvalue weighted by Gasteiger charge is -2.01. The van der Waals surface area contributed by atoms with E-state index in [0.717, 1.165) is 0 Å². The molecule has 1 fully saturated rings. The van der Waals surface area contributed by atoms with Gasteiger partial charge >= 0.3 is 0 Å². The zero-order valence-electron chi connectivity index (χ0n) is 9.58. The Morgan fingerprint density at radius 1 is 1.39 bits per heavy atom. The fraction of sp³-hybridized carbons (Fsp3) is 0.333. The Morgan fingerprint density at radius 2 is 2.28 bits per heavy atom. The third-order valence-electron chi connectivity index (χ3n) is 2.95. The molecule has 2 aromatic rings. The molecule has 1 aliphatic heterocycles. The standard InChI is InChI=1S/C12H13N3O3/c16-8-3-1-2-7(4-8)11-14-12(18-15-11)10-5-9(17)6-13-10/h1-4,9-10,13,16-17H,5-6H2/t9?,10-/m0/s1. The summed E-state index contributed by atoms with van der Waals surface area (Å²) in [6.45, 7) is 0.536. The molecule has 0 spiro atoms. The van der Waals surface area contributed by atoms with Crippen molar-refractivity contribution in [3.63, 3.8) is 0 Å². The van der Waals surface area contributed by atoms with Gasteiger partial charge in [0.05, 0.1) is 12.1 Å². The van der Waals surface area contributed by atoms with Gasteiger partial charge in [0.1, 0.15) is 5.75 Å². The topological polar surface area (TPSA) is 91.4 Å². The summed E-state index contributed by atoms with van der Waals surface area (Å²) in [5.74, 6) is 1.06. The van der Waals surface area contributed by atoms with Crippen LogP contribution in [-0.2, 0) is 0 Å². The minimum atomic E-state index is -0.369. The number of aliphatic hydroxyl groups is 1. The van der Waals surface area contributed by atoms with Crippen LogP contribution in [0, 0.1) is 0 Å². The van der Waals surface area contributed by atoms with Crippen molar-refractivity contribution in [2.24, 2.45) is 0 Å². The van der Waals surface area contributed by atoms with Crippen molar-refractivity contribution in [3.05, 3.63) is 30.2 Å². The van der Waals surface area contributed by atoms with E-state index in [0.29, 0.717) is 30.2 Å². The van der Waals surface area contributed by atoms with Crippen LogP contribution in [0.4, 0.5) is 0 Å². The number of hydrogen-bond donors (Lipinski definition) is 3. The van der Waals surface area contributed by atoms with Crippen molar-refractivity contribution in [2.45, 2.75) is 18.6 Å². The fourth-order valence-electron chi connectivity index (χ4n) is 2.04. The zero-order valence-corrected chi connectivity index (χ0v) is 9.58. The predicted octanol–water partition coefficient (Wildman–Crippen LogP) is 0.837. The van der Waals surface area contributed by atoms with Crippen LogP contribution in [0.3, 0.4) is 0 Å². The molecule has 0 amide bonds. The van der Waals surface area contributed by atoms with Crippen LogP contribution in [0.2, 0.25) is 0 Å². The summed E-state index contributed by atoms with van der Waals surface area (Å²) >= 11 is 0. The van der Waals surface area contributed by atoms with Crippen molar-refractivity contribution in [2.75, 3.05) is 6.54 Å². The van der Waals surface area contributed by atoms with Gasteiger partial charge in [0, 0.05) is 12.1 Å². The molecule has 2 atom stereocenters. The highest BCUT2D eigenvalue weighted by Gasteiger charge is 2.28. The number of nitrogens with zero attached hydrogens (tertiary/aromatic N) is 2. The Bertz CT molecular complexity index is 555. The van der Waals surface area contributed by atoms with E-state index >= 15 is 0 Å². The lowest BCUT2D eigenvalue weighted by molar-refractivity contribution is 0.191. The lowest BCUT2D eigenvalue weighted by atomic mass is 10.2. The van der Waals surface area contributed by atoms with E-state index in [9.17, 15) is 10.2 Å². The minimum absolute atomic E-state index is 0.0986. The van der Waals surface area contributed by atoms with Crippen LogP contribution in [0.25, 0.3) is 11.4 Å². The average molecular weight is 247 g/mol. The molecular formula is C12H13N3O3. The quantitative estimate of drug-likeness (QED) is 0.728. The first kappa shape index (κ1) is 11.2. The van der Waals surface area contributed by atoms with Crippen LogP contribution < -0.4 is 5.32 Å². The number of nitrogens with one attached hydrogen (secondary N) is 1. The second-order valence-electron chi connectivity index (χ2n) is 4.36. The molecule has 0 radical (unpaired) electrons. The molecule has 1 saturated heterocycles. The third kappa shape index (κ3) is 2.07. The first-order valence-electron chi connectivity index (χ1n) is 5.77. The Morgan fingerprint density at radius 3 is 3.00 bits per heavy atom. The number of benzene rings is 1. The largest absolute Gasteiger partial charge is 0.508 e. The van der Waals surface area contributed by atoms with Crippen molar-refractivity contribution >= 4 is 0 Å². The molecule has 1 unspecified atom stereocenters. The second-order valence-corrected chi connectivity index (χ2v) is 4.36. The molecule has 0 aliphatic carbocycles. The highest BCUT2D eigenvalue weighted by Crippen LogP contribution is 2.25. The average Bonchev–Trinajstić information content (AvgIpc) is 2.97. The molecule has 1 aromatic carbocycles. The first-order valence-corrected chi connectivity index (χ1v) is 5.77. The van der Waals surface area contributed by atoms with Crippen molar-refractivity contribution in [3.8, 4) is 17.1 Å². The number of aliphatic hydroxyl groups excluding tert-OH is 1. The van der Waals surface area contributed by atoms with E-state index in [4.69, 9.17) is 4.52 Å². The normalized spacial score (nSPS) is 23.4. The predicted molar refractivity (Wildman–Crippen MR) is 62.8 cm³/mol. The summed E-state index contributed by atoms with van der Waals surface area (Å²) in [4.78, 5) is 4.28. The van der Waals surface area contributed by atoms with E-state index in [1.54, 1.807) is 24.3 Å². The van der Waals surface area contributed by atoms with Gasteiger partial charge in [0.2, 0.25) is 11.7 Å². The van der Waals surface area contributed by atoms with Gasteiger partial charge in [0.25, 0.3) is 0 Å². The summed E-state index contributed by atoms with van der Waals surface area (Å²) in [7, 11) is 0. The van der Waals surface area contributed by atoms with Gasteiger partial charge in [-0.3, -0.25) is 0 Å². The Balaban J connectivity index is 1.85. The number of β-amino-alcohol motifs (C(OH)–C–C–N with tert-alkyl or cyclic N) is 1. The number of phenolic OH excluding ortho intramolecular Hbond substituents is 1. The smallest absolute Gasteiger partial charge is 0.244 e. The van der Waals surface area contributed by atoms with Gasteiger partial charge in [-0.1, -0.05) is 17.3 Å². The molecule has 94 valence electrons. The van der Waals surface area contributed by atoms with Crippen molar-refractivity contribution < 1.29 is 14.7 Å². The van der Waals surface area contributed by atoms with Crippen molar-refractivity contribution in [1.82, 2.24) is 15.5 Å². The Hall–Kier alpha value is -1.92. The van der Waals surface area contributed by atoms with Crippen LogP contribution in [0.5, 0.6) is 5.75 Å². The van der Waals surface area contributed by atoms with Gasteiger partial charge in [-0.05, 0) is 18.6 Å². The Labute approximate surface area is 103 Å². The molecule has 3 N–H and O–H groups in total. The maximum atomic E-state index is 9.44. The zero-order chi connectivity index (χ0) is 12.5. The molecule has 6 heteroatoms. The Kier molecular flexibility index (Phi) is 2.73. The van der Waals surface area contributed by atoms with Gasteiger partial charge < -0.3 is 20.1 Å². The van der Waals surface area contributed by atoms with Crippen LogP contribution in [0.1, 0.15) is 18.4 Å². The maximum absolute atomic E-state index is 9.44. The molecular weight excluding hydrogens is 234 g/mol. The monoisotopic (exact) mass is 247 g/mol. The van der Waals surface area contributed by atoms with E-state index < -0.39 is 0 Å². The summed E-state index contributed by atoms with van der Waals surface area (Å²) in [5, 5.41) is 25.8. The molecule has 18 heavy (non-hydrogen) atoms. The van der Waals surface area contributed by atoms with Crippen LogP contribution in [0.15, 0.2) is 28.8 Å². The number of aromatic nitrogens is 2. The molecule has 2 heterocycles. The highest BCUT2D eigenvalue weighted by molar-refractivity contribution is 5.56. The number of hydrogen-bond acceptors (Lipinski definition) is 6. The fourth-order valence-corrected chi connectivity index (χ4v) is 2.04. The molecule has 1 aromatic heterocycles. The third-order valence-corrected chi connectivity index (χ3v) is 2.95. The van der Waals surface area contributed by atoms with Crippen LogP contribution >= 0.6 is 0 Å². The second kappa shape index (κ2) is 4.40. The van der Waals surface area contributed by atoms with Gasteiger partial charge in [-0.2, -0.15) is 4.98 Å². The molecule has 1 aliphatic rings. The van der Waals surface area contributed by atoms with E-state index in [1.165, 1.54) is 0 Å². The van der Waals surface area contributed by atoms with Crippen molar-refractivity contribution in [1.29, 1.82) is 0 Å². The maximum Gasteiger partial charge on any atom is 0.244 e. The highest BCUT2D eigenvalue weighted by atomic mass is 16.5. The van der Waals surface area contributed by atoms with Gasteiger partial charge in [-0.25, -0.2) is 0 Å². The van der Waals surface area contributed by atoms with E-state index in [2.05, 4.69) is 15.5 Å². The van der Waals surface area contributed by atoms with E-state index in [1.807, 2.05) is 0 Å². The van der Waals surface area contributed by atoms with E-state index in [-0.39, 0.29) is 17.9 Å². The van der Waals surface area contributed by atoms with Gasteiger partial charge in [0.15, 0.2) is 0 Å². The van der Waals surface area contributed by atoms with Gasteiger partial charge in [-0.15, -0.1) is 0 Å². The summed E-state index contributed by atoms with van der Waals surface area (Å²) in [6.07, 6.45) is 0.202. The molecule has 6 nitrogen and oxygen atoms in total. The summed E-state index contributed by atoms with van der Waals surface area (Å²) in [5.41, 5.74) is 0.698. The molecule has 3 rings (SSSR count). The summed E-state index contributed by atoms with van der Waals surface area (Å²) in [6, 6.07) is 6.58. The number of rotatable bonds is 2.